The van der Waals surface area contributed by atoms with Gasteiger partial charge >= 0.3 is 0 Å². The van der Waals surface area contributed by atoms with Gasteiger partial charge in [0, 0.05) is 17.1 Å². The van der Waals surface area contributed by atoms with Crippen molar-refractivity contribution in [2.45, 2.75) is 25.7 Å². The second-order valence-corrected chi connectivity index (χ2v) is 7.63. The summed E-state index contributed by atoms with van der Waals surface area (Å²) in [6.07, 6.45) is 0.246. The van der Waals surface area contributed by atoms with Gasteiger partial charge in [-0.3, -0.25) is 4.98 Å². The lowest BCUT2D eigenvalue weighted by atomic mass is 10.0. The second kappa shape index (κ2) is 8.43. The van der Waals surface area contributed by atoms with E-state index in [1.165, 1.54) is 12.1 Å². The summed E-state index contributed by atoms with van der Waals surface area (Å²) in [6.45, 7) is 2.31. The molecule has 1 aliphatic rings. The highest BCUT2D eigenvalue weighted by atomic mass is 19.1. The highest BCUT2D eigenvalue weighted by Gasteiger charge is 2.32. The Labute approximate surface area is 184 Å². The van der Waals surface area contributed by atoms with Crippen molar-refractivity contribution in [2.24, 2.45) is 0 Å². The molecule has 3 heterocycles. The Hall–Kier alpha value is -3.71. The van der Waals surface area contributed by atoms with Crippen LogP contribution >= 0.6 is 0 Å². The number of halogens is 1. The Kier molecular flexibility index (Phi) is 5.33. The number of aromatic nitrogens is 2. The third kappa shape index (κ3) is 4.07. The van der Waals surface area contributed by atoms with Gasteiger partial charge in [-0.2, -0.15) is 0 Å². The topological polar surface area (TPSA) is 73.7 Å². The van der Waals surface area contributed by atoms with E-state index in [1.54, 1.807) is 42.6 Å². The maximum absolute atomic E-state index is 13.4. The zero-order valence-electron chi connectivity index (χ0n) is 17.4. The highest BCUT2D eigenvalue weighted by Crippen LogP contribution is 2.37. The van der Waals surface area contributed by atoms with E-state index in [4.69, 9.17) is 14.2 Å². The Morgan fingerprint density at radius 3 is 2.91 bits per heavy atom. The van der Waals surface area contributed by atoms with Crippen LogP contribution in [-0.2, 0) is 6.61 Å². The Balaban J connectivity index is 1.31. The number of aryl methyl sites for hydroxylation is 1. The number of hydrogen-bond acceptors (Lipinski definition) is 6. The molecule has 2 aromatic carbocycles. The molecule has 1 N–H and O–H groups in total. The minimum absolute atomic E-state index is 0.226. The molecule has 7 heteroatoms. The van der Waals surface area contributed by atoms with E-state index in [0.717, 1.165) is 11.1 Å². The smallest absolute Gasteiger partial charge is 0.163 e. The molecule has 0 saturated heterocycles. The molecule has 0 radical (unpaired) electrons. The van der Waals surface area contributed by atoms with Crippen molar-refractivity contribution in [3.63, 3.8) is 0 Å². The lowest BCUT2D eigenvalue weighted by Gasteiger charge is -2.31. The first-order chi connectivity index (χ1) is 15.6. The maximum Gasteiger partial charge on any atom is 0.163 e. The first-order valence-electron chi connectivity index (χ1n) is 10.3. The zero-order valence-corrected chi connectivity index (χ0v) is 17.4. The minimum atomic E-state index is -0.879. The van der Waals surface area contributed by atoms with E-state index in [2.05, 4.69) is 9.97 Å². The van der Waals surface area contributed by atoms with E-state index in [1.807, 2.05) is 19.1 Å². The molecule has 32 heavy (non-hydrogen) atoms. The molecule has 4 aromatic rings. The van der Waals surface area contributed by atoms with Crippen molar-refractivity contribution in [1.29, 1.82) is 0 Å². The fourth-order valence-electron chi connectivity index (χ4n) is 3.67. The normalized spacial score (nSPS) is 17.5. The summed E-state index contributed by atoms with van der Waals surface area (Å²) < 4.78 is 31.0. The number of ether oxygens (including phenoxy) is 3. The van der Waals surface area contributed by atoms with Crippen LogP contribution in [0.15, 0.2) is 66.9 Å². The predicted molar refractivity (Wildman–Crippen MR) is 116 cm³/mol. The van der Waals surface area contributed by atoms with Crippen molar-refractivity contribution >= 4 is 10.9 Å². The molecule has 0 fully saturated rings. The van der Waals surface area contributed by atoms with Gasteiger partial charge in [0.2, 0.25) is 0 Å². The summed E-state index contributed by atoms with van der Waals surface area (Å²) in [5.74, 6) is 1.49. The van der Waals surface area contributed by atoms with Crippen LogP contribution in [0, 0.1) is 12.7 Å². The van der Waals surface area contributed by atoms with Crippen LogP contribution in [0.1, 0.15) is 23.1 Å². The third-order valence-corrected chi connectivity index (χ3v) is 5.39. The van der Waals surface area contributed by atoms with Crippen molar-refractivity contribution in [3.05, 3.63) is 89.6 Å². The van der Waals surface area contributed by atoms with E-state index in [9.17, 15) is 9.50 Å². The number of fused-ring (bicyclic) bond motifs is 2. The monoisotopic (exact) mass is 432 g/mol. The number of hydrogen-bond donors (Lipinski definition) is 1. The fourth-order valence-corrected chi connectivity index (χ4v) is 3.67. The molecule has 162 valence electrons. The van der Waals surface area contributed by atoms with E-state index < -0.39 is 12.2 Å². The van der Waals surface area contributed by atoms with Crippen molar-refractivity contribution in [3.8, 4) is 17.2 Å². The van der Waals surface area contributed by atoms with Crippen molar-refractivity contribution in [2.75, 3.05) is 6.61 Å². The molecule has 0 spiro atoms. The van der Waals surface area contributed by atoms with Crippen LogP contribution in [0.25, 0.3) is 10.9 Å². The van der Waals surface area contributed by atoms with Gasteiger partial charge < -0.3 is 19.3 Å². The number of nitrogens with zero attached hydrogens (tertiary/aromatic N) is 2. The predicted octanol–water partition coefficient (Wildman–Crippen LogP) is 4.53. The number of benzene rings is 2. The molecule has 0 aliphatic carbocycles. The SMILES string of the molecule is Cc1ncccc1O[C@H]1COc2ccc(OCc3ccc4cc(F)ccc4n3)cc2[C@H]1O. The lowest BCUT2D eigenvalue weighted by molar-refractivity contribution is -0.0109. The summed E-state index contributed by atoms with van der Waals surface area (Å²) in [7, 11) is 0. The molecular weight excluding hydrogens is 411 g/mol. The van der Waals surface area contributed by atoms with Crippen LogP contribution in [-0.4, -0.2) is 27.8 Å². The zero-order chi connectivity index (χ0) is 22.1. The molecule has 0 saturated carbocycles. The lowest BCUT2D eigenvalue weighted by Crippen LogP contribution is -2.35. The molecular formula is C25H21FN2O4. The molecule has 0 unspecified atom stereocenters. The van der Waals surface area contributed by atoms with Gasteiger partial charge in [-0.25, -0.2) is 9.37 Å². The molecule has 0 bridgehead atoms. The summed E-state index contributed by atoms with van der Waals surface area (Å²) in [4.78, 5) is 8.72. The van der Waals surface area contributed by atoms with E-state index in [0.29, 0.717) is 34.0 Å². The first kappa shape index (κ1) is 20.2. The fraction of sp³-hybridized carbons (Fsp3) is 0.200. The highest BCUT2D eigenvalue weighted by molar-refractivity contribution is 5.78. The van der Waals surface area contributed by atoms with Gasteiger partial charge in [0.1, 0.15) is 42.4 Å². The number of aliphatic hydroxyl groups excluding tert-OH is 1. The average Bonchev–Trinajstić information content (AvgIpc) is 2.81. The quantitative estimate of drug-likeness (QED) is 0.500. The molecule has 1 aliphatic heterocycles. The van der Waals surface area contributed by atoms with Crippen LogP contribution in [0.2, 0.25) is 0 Å². The van der Waals surface area contributed by atoms with E-state index >= 15 is 0 Å². The Morgan fingerprint density at radius 1 is 1.12 bits per heavy atom. The van der Waals surface area contributed by atoms with Gasteiger partial charge in [-0.15, -0.1) is 0 Å². The number of pyridine rings is 2. The first-order valence-corrected chi connectivity index (χ1v) is 10.3. The third-order valence-electron chi connectivity index (χ3n) is 5.39. The van der Waals surface area contributed by atoms with Gasteiger partial charge in [0.25, 0.3) is 0 Å². The molecule has 2 aromatic heterocycles. The molecule has 2 atom stereocenters. The van der Waals surface area contributed by atoms with Crippen LogP contribution in [0.5, 0.6) is 17.2 Å². The summed E-state index contributed by atoms with van der Waals surface area (Å²) >= 11 is 0. The van der Waals surface area contributed by atoms with Gasteiger partial charge in [0.05, 0.1) is 16.9 Å². The molecule has 5 rings (SSSR count). The molecule has 6 nitrogen and oxygen atoms in total. The summed E-state index contributed by atoms with van der Waals surface area (Å²) in [6, 6.07) is 17.0. The Morgan fingerprint density at radius 2 is 2.03 bits per heavy atom. The van der Waals surface area contributed by atoms with Crippen LogP contribution in [0.4, 0.5) is 4.39 Å². The largest absolute Gasteiger partial charge is 0.489 e. The number of aliphatic hydroxyl groups is 1. The van der Waals surface area contributed by atoms with E-state index in [-0.39, 0.29) is 19.0 Å². The van der Waals surface area contributed by atoms with Gasteiger partial charge in [-0.1, -0.05) is 6.07 Å². The second-order valence-electron chi connectivity index (χ2n) is 7.63. The van der Waals surface area contributed by atoms with Crippen molar-refractivity contribution in [1.82, 2.24) is 9.97 Å². The molecule has 0 amide bonds. The Bertz CT molecular complexity index is 1280. The average molecular weight is 432 g/mol. The van der Waals surface area contributed by atoms with Crippen LogP contribution < -0.4 is 14.2 Å². The summed E-state index contributed by atoms with van der Waals surface area (Å²) in [5.41, 5.74) is 2.76. The van der Waals surface area contributed by atoms with Gasteiger partial charge in [-0.05, 0) is 61.5 Å². The standard InChI is InChI=1S/C25H21FN2O4/c1-15-22(3-2-10-27-15)32-24-14-31-23-9-7-19(12-20(23)25(24)29)30-13-18-6-4-16-11-17(26)5-8-21(16)28-18/h2-12,24-25,29H,13-14H2,1H3/t24-,25+/m0/s1. The summed E-state index contributed by atoms with van der Waals surface area (Å²) in [5, 5.41) is 11.6. The number of rotatable bonds is 5. The van der Waals surface area contributed by atoms with Crippen LogP contribution in [0.3, 0.4) is 0 Å². The van der Waals surface area contributed by atoms with Gasteiger partial charge in [0.15, 0.2) is 6.10 Å². The maximum atomic E-state index is 13.4. The minimum Gasteiger partial charge on any atom is -0.489 e. The van der Waals surface area contributed by atoms with Crippen molar-refractivity contribution < 1.29 is 23.7 Å².